The highest BCUT2D eigenvalue weighted by Crippen LogP contribution is 2.37. The van der Waals surface area contributed by atoms with Gasteiger partial charge in [0.15, 0.2) is 0 Å². The fourth-order valence-corrected chi connectivity index (χ4v) is 6.10. The summed E-state index contributed by atoms with van der Waals surface area (Å²) in [6.45, 7) is 0.405. The average Bonchev–Trinajstić information content (AvgIpc) is 3.43. The monoisotopic (exact) mass is 427 g/mol. The van der Waals surface area contributed by atoms with Crippen LogP contribution in [0, 0.1) is 5.82 Å². The van der Waals surface area contributed by atoms with E-state index < -0.39 is 21.9 Å². The Bertz CT molecular complexity index is 1190. The van der Waals surface area contributed by atoms with E-state index in [0.29, 0.717) is 29.8 Å². The third-order valence-electron chi connectivity index (χ3n) is 5.94. The standard InChI is InChI=1S/C22H22FN3O3S/c23-18-8-3-7-17(13-18)21-24-22(29-25-21)20-9-4-12-26(20)30(27,28)19-11-10-15-5-1-2-6-16(15)14-19/h3,7-8,10-11,13-14,20H,1-2,4-6,9,12H2/t20-/m1/s1. The molecule has 0 spiro atoms. The third-order valence-corrected chi connectivity index (χ3v) is 7.84. The van der Waals surface area contributed by atoms with Gasteiger partial charge in [-0.05, 0) is 73.9 Å². The van der Waals surface area contributed by atoms with Crippen LogP contribution in [0.4, 0.5) is 4.39 Å². The molecule has 2 aliphatic rings. The number of nitrogens with zero attached hydrogens (tertiary/aromatic N) is 3. The van der Waals surface area contributed by atoms with Gasteiger partial charge in [-0.3, -0.25) is 0 Å². The Morgan fingerprint density at radius 2 is 1.87 bits per heavy atom. The summed E-state index contributed by atoms with van der Waals surface area (Å²) < 4.78 is 47.2. The smallest absolute Gasteiger partial charge is 0.245 e. The number of aromatic nitrogens is 2. The lowest BCUT2D eigenvalue weighted by Gasteiger charge is -2.23. The zero-order valence-corrected chi connectivity index (χ0v) is 17.2. The van der Waals surface area contributed by atoms with Crippen molar-refractivity contribution in [3.05, 3.63) is 65.3 Å². The number of rotatable bonds is 4. The largest absolute Gasteiger partial charge is 0.337 e. The van der Waals surface area contributed by atoms with Gasteiger partial charge >= 0.3 is 0 Å². The predicted octanol–water partition coefficient (Wildman–Crippen LogP) is 4.28. The van der Waals surface area contributed by atoms with Crippen LogP contribution in [0.25, 0.3) is 11.4 Å². The molecule has 5 rings (SSSR count). The summed E-state index contributed by atoms with van der Waals surface area (Å²) in [6.07, 6.45) is 5.49. The van der Waals surface area contributed by atoms with Gasteiger partial charge in [-0.15, -0.1) is 0 Å². The quantitative estimate of drug-likeness (QED) is 0.621. The third kappa shape index (κ3) is 3.44. The molecule has 156 valence electrons. The van der Waals surface area contributed by atoms with Gasteiger partial charge in [0.2, 0.25) is 21.7 Å². The summed E-state index contributed by atoms with van der Waals surface area (Å²) in [7, 11) is -3.69. The molecule has 1 aliphatic heterocycles. The van der Waals surface area contributed by atoms with Crippen molar-refractivity contribution in [3.63, 3.8) is 0 Å². The molecule has 30 heavy (non-hydrogen) atoms. The number of sulfonamides is 1. The molecule has 0 amide bonds. The van der Waals surface area contributed by atoms with E-state index in [1.807, 2.05) is 12.1 Å². The predicted molar refractivity (Wildman–Crippen MR) is 109 cm³/mol. The van der Waals surface area contributed by atoms with Crippen LogP contribution in [0.2, 0.25) is 0 Å². The molecule has 8 heteroatoms. The summed E-state index contributed by atoms with van der Waals surface area (Å²) in [6, 6.07) is 10.9. The van der Waals surface area contributed by atoms with Crippen molar-refractivity contribution in [3.8, 4) is 11.4 Å². The number of fused-ring (bicyclic) bond motifs is 1. The second kappa shape index (κ2) is 7.59. The first kappa shape index (κ1) is 19.4. The molecule has 3 aromatic rings. The van der Waals surface area contributed by atoms with Crippen molar-refractivity contribution >= 4 is 10.0 Å². The lowest BCUT2D eigenvalue weighted by Crippen LogP contribution is -2.31. The van der Waals surface area contributed by atoms with Crippen LogP contribution in [0.1, 0.15) is 48.7 Å². The maximum atomic E-state index is 13.5. The lowest BCUT2D eigenvalue weighted by atomic mass is 9.92. The van der Waals surface area contributed by atoms with Crippen LogP contribution in [-0.2, 0) is 22.9 Å². The van der Waals surface area contributed by atoms with E-state index in [0.717, 1.165) is 31.2 Å². The van der Waals surface area contributed by atoms with E-state index in [-0.39, 0.29) is 11.7 Å². The summed E-state index contributed by atoms with van der Waals surface area (Å²) in [5.41, 5.74) is 2.87. The SMILES string of the molecule is O=S(=O)(c1ccc2c(c1)CCCC2)N1CCC[C@@H]1c1nc(-c2cccc(F)c2)no1. The lowest BCUT2D eigenvalue weighted by molar-refractivity contribution is 0.290. The van der Waals surface area contributed by atoms with E-state index in [1.165, 1.54) is 22.0 Å². The van der Waals surface area contributed by atoms with Crippen molar-refractivity contribution < 1.29 is 17.3 Å². The van der Waals surface area contributed by atoms with E-state index in [9.17, 15) is 12.8 Å². The van der Waals surface area contributed by atoms with Crippen LogP contribution >= 0.6 is 0 Å². The average molecular weight is 428 g/mol. The Balaban J connectivity index is 1.45. The zero-order valence-electron chi connectivity index (χ0n) is 16.4. The van der Waals surface area contributed by atoms with E-state index in [4.69, 9.17) is 4.52 Å². The highest BCUT2D eigenvalue weighted by Gasteiger charge is 2.39. The molecule has 1 atom stereocenters. The highest BCUT2D eigenvalue weighted by molar-refractivity contribution is 7.89. The van der Waals surface area contributed by atoms with Gasteiger partial charge < -0.3 is 4.52 Å². The Kier molecular flexibility index (Phi) is 4.91. The number of hydrogen-bond donors (Lipinski definition) is 0. The molecule has 0 radical (unpaired) electrons. The normalized spacial score (nSPS) is 19.7. The molecule has 0 N–H and O–H groups in total. The van der Waals surface area contributed by atoms with Crippen molar-refractivity contribution in [1.29, 1.82) is 0 Å². The summed E-state index contributed by atoms with van der Waals surface area (Å²) >= 11 is 0. The fourth-order valence-electron chi connectivity index (χ4n) is 4.40. The van der Waals surface area contributed by atoms with Crippen LogP contribution in [-0.4, -0.2) is 29.4 Å². The number of hydrogen-bond acceptors (Lipinski definition) is 5. The minimum Gasteiger partial charge on any atom is -0.337 e. The number of aryl methyl sites for hydroxylation is 2. The zero-order chi connectivity index (χ0) is 20.7. The van der Waals surface area contributed by atoms with Crippen molar-refractivity contribution in [2.24, 2.45) is 0 Å². The van der Waals surface area contributed by atoms with Gasteiger partial charge in [0.25, 0.3) is 0 Å². The topological polar surface area (TPSA) is 76.3 Å². The van der Waals surface area contributed by atoms with Crippen LogP contribution in [0.5, 0.6) is 0 Å². The van der Waals surface area contributed by atoms with Gasteiger partial charge in [0.05, 0.1) is 4.90 Å². The molecule has 0 unspecified atom stereocenters. The van der Waals surface area contributed by atoms with Crippen LogP contribution in [0.3, 0.4) is 0 Å². The molecule has 0 bridgehead atoms. The fraction of sp³-hybridized carbons (Fsp3) is 0.364. The van der Waals surface area contributed by atoms with Gasteiger partial charge in [-0.1, -0.05) is 23.4 Å². The first-order chi connectivity index (χ1) is 14.5. The first-order valence-corrected chi connectivity index (χ1v) is 11.7. The summed E-state index contributed by atoms with van der Waals surface area (Å²) in [5.74, 6) is 0.104. The number of halogens is 1. The molecule has 1 fully saturated rings. The van der Waals surface area contributed by atoms with E-state index >= 15 is 0 Å². The van der Waals surface area contributed by atoms with Gasteiger partial charge in [-0.25, -0.2) is 12.8 Å². The minimum atomic E-state index is -3.69. The molecule has 1 aromatic heterocycles. The van der Waals surface area contributed by atoms with Crippen molar-refractivity contribution in [2.75, 3.05) is 6.54 Å². The summed E-state index contributed by atoms with van der Waals surface area (Å²) in [4.78, 5) is 4.70. The van der Waals surface area contributed by atoms with Gasteiger partial charge in [-0.2, -0.15) is 9.29 Å². The Morgan fingerprint density at radius 3 is 2.70 bits per heavy atom. The van der Waals surface area contributed by atoms with Crippen molar-refractivity contribution in [2.45, 2.75) is 49.5 Å². The maximum Gasteiger partial charge on any atom is 0.245 e. The van der Waals surface area contributed by atoms with Crippen LogP contribution in [0.15, 0.2) is 51.9 Å². The second-order valence-electron chi connectivity index (χ2n) is 7.88. The summed E-state index contributed by atoms with van der Waals surface area (Å²) in [5, 5.41) is 3.94. The van der Waals surface area contributed by atoms with E-state index in [1.54, 1.807) is 18.2 Å². The second-order valence-corrected chi connectivity index (χ2v) is 9.77. The Morgan fingerprint density at radius 1 is 1.03 bits per heavy atom. The van der Waals surface area contributed by atoms with Crippen LogP contribution < -0.4 is 0 Å². The van der Waals surface area contributed by atoms with Gasteiger partial charge in [0, 0.05) is 12.1 Å². The molecule has 2 heterocycles. The minimum absolute atomic E-state index is 0.244. The Labute approximate surface area is 174 Å². The number of benzene rings is 2. The molecule has 6 nitrogen and oxygen atoms in total. The molecular formula is C22H22FN3O3S. The maximum absolute atomic E-state index is 13.5. The van der Waals surface area contributed by atoms with Gasteiger partial charge in [0.1, 0.15) is 11.9 Å². The molecule has 1 saturated heterocycles. The first-order valence-electron chi connectivity index (χ1n) is 10.3. The highest BCUT2D eigenvalue weighted by atomic mass is 32.2. The molecule has 0 saturated carbocycles. The van der Waals surface area contributed by atoms with Crippen molar-refractivity contribution in [1.82, 2.24) is 14.4 Å². The molecule has 1 aliphatic carbocycles. The molecule has 2 aromatic carbocycles. The molecular weight excluding hydrogens is 405 g/mol. The van der Waals surface area contributed by atoms with E-state index in [2.05, 4.69) is 10.1 Å². The Hall–Kier alpha value is -2.58.